The van der Waals surface area contributed by atoms with Gasteiger partial charge < -0.3 is 10.2 Å². The maximum Gasteiger partial charge on any atom is 0.264 e. The molecule has 3 aromatic rings. The number of hydrogen-bond donors (Lipinski definition) is 1. The third kappa shape index (κ3) is 7.69. The summed E-state index contributed by atoms with van der Waals surface area (Å²) in [6, 6.07) is 16.7. The standard InChI is InChI=1S/C29H32Cl3N3O4S/c1-4-15-33-29(37)26(5-2)34(18-21-12-14-22(30)16-25(21)32)28(36)19-35(27-17-23(31)13-11-20(27)3)40(38,39)24-9-7-6-8-10-24/h6-14,16-17,26H,4-5,15,18-19H2,1-3H3,(H,33,37)/t26-/m0/s1. The Hall–Kier alpha value is -2.78. The molecule has 3 rings (SSSR count). The van der Waals surface area contributed by atoms with Crippen LogP contribution >= 0.6 is 34.8 Å². The molecule has 3 aromatic carbocycles. The van der Waals surface area contributed by atoms with Crippen LogP contribution in [-0.2, 0) is 26.2 Å². The fraction of sp³-hybridized carbons (Fsp3) is 0.310. The van der Waals surface area contributed by atoms with Crippen molar-refractivity contribution in [3.8, 4) is 0 Å². The molecule has 2 amide bonds. The van der Waals surface area contributed by atoms with Crippen molar-refractivity contribution >= 4 is 62.3 Å². The van der Waals surface area contributed by atoms with Gasteiger partial charge in [0.2, 0.25) is 11.8 Å². The van der Waals surface area contributed by atoms with Crippen molar-refractivity contribution in [3.05, 3.63) is 92.9 Å². The molecule has 0 saturated heterocycles. The van der Waals surface area contributed by atoms with Crippen LogP contribution in [0.5, 0.6) is 0 Å². The Labute approximate surface area is 251 Å². The minimum Gasteiger partial charge on any atom is -0.354 e. The lowest BCUT2D eigenvalue weighted by molar-refractivity contribution is -0.140. The maximum atomic E-state index is 14.1. The minimum absolute atomic E-state index is 0.0159. The average Bonchev–Trinajstić information content (AvgIpc) is 2.93. The summed E-state index contributed by atoms with van der Waals surface area (Å²) < 4.78 is 28.9. The zero-order chi connectivity index (χ0) is 29.4. The average molecular weight is 625 g/mol. The molecule has 0 saturated carbocycles. The van der Waals surface area contributed by atoms with Crippen molar-refractivity contribution in [1.82, 2.24) is 10.2 Å². The first kappa shape index (κ1) is 31.7. The number of aryl methyl sites for hydroxylation is 1. The largest absolute Gasteiger partial charge is 0.354 e. The molecular formula is C29H32Cl3N3O4S. The highest BCUT2D eigenvalue weighted by Crippen LogP contribution is 2.30. The monoisotopic (exact) mass is 623 g/mol. The molecule has 0 aliphatic heterocycles. The molecule has 11 heteroatoms. The molecule has 0 fully saturated rings. The molecule has 0 spiro atoms. The van der Waals surface area contributed by atoms with Crippen molar-refractivity contribution in [2.24, 2.45) is 0 Å². The number of nitrogens with one attached hydrogen (secondary N) is 1. The van der Waals surface area contributed by atoms with E-state index in [0.717, 1.165) is 10.7 Å². The van der Waals surface area contributed by atoms with Crippen LogP contribution in [0.1, 0.15) is 37.8 Å². The van der Waals surface area contributed by atoms with Gasteiger partial charge in [-0.15, -0.1) is 0 Å². The Balaban J connectivity index is 2.10. The van der Waals surface area contributed by atoms with E-state index < -0.39 is 28.5 Å². The maximum absolute atomic E-state index is 14.1. The third-order valence-electron chi connectivity index (χ3n) is 6.34. The van der Waals surface area contributed by atoms with Crippen molar-refractivity contribution in [2.45, 2.75) is 51.1 Å². The molecule has 0 radical (unpaired) electrons. The number of hydrogen-bond acceptors (Lipinski definition) is 4. The first-order chi connectivity index (χ1) is 19.0. The van der Waals surface area contributed by atoms with Crippen LogP contribution in [0.15, 0.2) is 71.6 Å². The molecular weight excluding hydrogens is 593 g/mol. The van der Waals surface area contributed by atoms with Crippen molar-refractivity contribution < 1.29 is 18.0 Å². The quantitative estimate of drug-likeness (QED) is 0.250. The Morgan fingerprint density at radius 3 is 2.20 bits per heavy atom. The van der Waals surface area contributed by atoms with Crippen molar-refractivity contribution in [2.75, 3.05) is 17.4 Å². The molecule has 7 nitrogen and oxygen atoms in total. The Kier molecular flexibility index (Phi) is 11.3. The van der Waals surface area contributed by atoms with Gasteiger partial charge in [0.1, 0.15) is 12.6 Å². The van der Waals surface area contributed by atoms with Crippen LogP contribution in [0.2, 0.25) is 15.1 Å². The highest BCUT2D eigenvalue weighted by Gasteiger charge is 2.34. The van der Waals surface area contributed by atoms with Crippen molar-refractivity contribution in [1.29, 1.82) is 0 Å². The fourth-order valence-electron chi connectivity index (χ4n) is 4.20. The third-order valence-corrected chi connectivity index (χ3v) is 8.94. The summed E-state index contributed by atoms with van der Waals surface area (Å²) in [7, 11) is -4.19. The topological polar surface area (TPSA) is 86.8 Å². The van der Waals surface area contributed by atoms with E-state index in [2.05, 4.69) is 5.32 Å². The van der Waals surface area contributed by atoms with Gasteiger partial charge in [0.25, 0.3) is 10.0 Å². The molecule has 0 bridgehead atoms. The summed E-state index contributed by atoms with van der Waals surface area (Å²) in [6.45, 7) is 5.30. The van der Waals surface area contributed by atoms with Gasteiger partial charge in [0.15, 0.2) is 0 Å². The Morgan fingerprint density at radius 1 is 0.925 bits per heavy atom. The first-order valence-corrected chi connectivity index (χ1v) is 15.4. The van der Waals surface area contributed by atoms with Crippen LogP contribution in [0, 0.1) is 6.92 Å². The fourth-order valence-corrected chi connectivity index (χ4v) is 6.33. The summed E-state index contributed by atoms with van der Waals surface area (Å²) in [5.74, 6) is -0.914. The van der Waals surface area contributed by atoms with Crippen LogP contribution in [0.4, 0.5) is 5.69 Å². The Bertz CT molecular complexity index is 1450. The number of carbonyl (C=O) groups excluding carboxylic acids is 2. The number of sulfonamides is 1. The first-order valence-electron chi connectivity index (χ1n) is 12.8. The Morgan fingerprint density at radius 2 is 1.57 bits per heavy atom. The SMILES string of the molecule is CCCNC(=O)[C@H](CC)N(Cc1ccc(Cl)cc1Cl)C(=O)CN(c1cc(Cl)ccc1C)S(=O)(=O)c1ccccc1. The molecule has 0 aromatic heterocycles. The number of rotatable bonds is 12. The van der Waals surface area contributed by atoms with Crippen LogP contribution < -0.4 is 9.62 Å². The lowest BCUT2D eigenvalue weighted by atomic mass is 10.1. The molecule has 0 heterocycles. The van der Waals surface area contributed by atoms with Gasteiger partial charge in [-0.3, -0.25) is 13.9 Å². The molecule has 0 aliphatic carbocycles. The van der Waals surface area contributed by atoms with Gasteiger partial charge in [-0.1, -0.05) is 79.0 Å². The molecule has 0 aliphatic rings. The second-order valence-corrected chi connectivity index (χ2v) is 12.4. The van der Waals surface area contributed by atoms with Gasteiger partial charge in [-0.2, -0.15) is 0 Å². The summed E-state index contributed by atoms with van der Waals surface area (Å²) in [5.41, 5.74) is 1.44. The molecule has 214 valence electrons. The molecule has 1 N–H and O–H groups in total. The highest BCUT2D eigenvalue weighted by atomic mass is 35.5. The number of halogens is 3. The van der Waals surface area contributed by atoms with Gasteiger partial charge in [-0.05, 0) is 67.3 Å². The number of carbonyl (C=O) groups is 2. The van der Waals surface area contributed by atoms with Gasteiger partial charge in [0.05, 0.1) is 10.6 Å². The van der Waals surface area contributed by atoms with Crippen molar-refractivity contribution in [3.63, 3.8) is 0 Å². The van der Waals surface area contributed by atoms with E-state index in [1.54, 1.807) is 62.4 Å². The van der Waals surface area contributed by atoms with E-state index in [0.29, 0.717) is 39.2 Å². The van der Waals surface area contributed by atoms with E-state index in [-0.39, 0.29) is 23.0 Å². The lowest BCUT2D eigenvalue weighted by Crippen LogP contribution is -2.52. The van der Waals surface area contributed by atoms with E-state index in [1.165, 1.54) is 23.1 Å². The zero-order valence-electron chi connectivity index (χ0n) is 22.5. The van der Waals surface area contributed by atoms with Crippen LogP contribution in [0.25, 0.3) is 0 Å². The number of benzene rings is 3. The second-order valence-electron chi connectivity index (χ2n) is 9.23. The van der Waals surface area contributed by atoms with E-state index in [4.69, 9.17) is 34.8 Å². The van der Waals surface area contributed by atoms with Gasteiger partial charge in [-0.25, -0.2) is 8.42 Å². The van der Waals surface area contributed by atoms with Crippen LogP contribution in [0.3, 0.4) is 0 Å². The summed E-state index contributed by atoms with van der Waals surface area (Å²) >= 11 is 18.8. The number of anilines is 1. The zero-order valence-corrected chi connectivity index (χ0v) is 25.6. The number of amides is 2. The summed E-state index contributed by atoms with van der Waals surface area (Å²) in [6.07, 6.45) is 1.02. The van der Waals surface area contributed by atoms with Gasteiger partial charge in [0, 0.05) is 28.2 Å². The van der Waals surface area contributed by atoms with Crippen LogP contribution in [-0.4, -0.2) is 44.3 Å². The summed E-state index contributed by atoms with van der Waals surface area (Å²) in [5, 5.41) is 3.92. The van der Waals surface area contributed by atoms with E-state index in [1.807, 2.05) is 6.92 Å². The molecule has 0 unspecified atom stereocenters. The second kappa shape index (κ2) is 14.2. The lowest BCUT2D eigenvalue weighted by Gasteiger charge is -2.33. The smallest absolute Gasteiger partial charge is 0.264 e. The van der Waals surface area contributed by atoms with E-state index >= 15 is 0 Å². The highest BCUT2D eigenvalue weighted by molar-refractivity contribution is 7.92. The molecule has 1 atom stereocenters. The predicted molar refractivity (Wildman–Crippen MR) is 162 cm³/mol. The number of nitrogens with zero attached hydrogens (tertiary/aromatic N) is 2. The van der Waals surface area contributed by atoms with Gasteiger partial charge >= 0.3 is 0 Å². The summed E-state index contributed by atoms with van der Waals surface area (Å²) in [4.78, 5) is 28.7. The molecule has 40 heavy (non-hydrogen) atoms. The minimum atomic E-state index is -4.19. The van der Waals surface area contributed by atoms with E-state index in [9.17, 15) is 18.0 Å². The predicted octanol–water partition coefficient (Wildman–Crippen LogP) is 6.48. The normalized spacial score (nSPS) is 12.1.